The van der Waals surface area contributed by atoms with Crippen LogP contribution in [0.25, 0.3) is 11.1 Å². The Balaban J connectivity index is 0.000000134. The summed E-state index contributed by atoms with van der Waals surface area (Å²) in [5.74, 6) is -0.0867. The predicted octanol–water partition coefficient (Wildman–Crippen LogP) is 12.1. The van der Waals surface area contributed by atoms with Gasteiger partial charge in [-0.25, -0.2) is 28.7 Å². The number of fused-ring (bicyclic) bond motifs is 6. The summed E-state index contributed by atoms with van der Waals surface area (Å²) in [6, 6.07) is 32.0. The number of rotatable bonds is 8. The molecule has 6 fully saturated rings. The van der Waals surface area contributed by atoms with E-state index in [1.54, 1.807) is 50.4 Å². The van der Waals surface area contributed by atoms with E-state index in [0.29, 0.717) is 43.4 Å². The third kappa shape index (κ3) is 14.3. The minimum atomic E-state index is -0.246. The zero-order valence-electron chi connectivity index (χ0n) is 58.8. The number of aryl methyl sites for hydroxylation is 1. The van der Waals surface area contributed by atoms with Crippen LogP contribution in [0, 0.1) is 12.7 Å². The fourth-order valence-corrected chi connectivity index (χ4v) is 17.9. The highest BCUT2D eigenvalue weighted by atomic mass is 19.1. The number of benzene rings is 4. The minimum absolute atomic E-state index is 0.0168. The van der Waals surface area contributed by atoms with Crippen molar-refractivity contribution in [2.45, 2.75) is 139 Å². The summed E-state index contributed by atoms with van der Waals surface area (Å²) < 4.78 is 29.6. The van der Waals surface area contributed by atoms with Crippen molar-refractivity contribution >= 4 is 52.8 Å². The number of carbonyl (C=O) groups is 5. The molecule has 15 rings (SSSR count). The van der Waals surface area contributed by atoms with Gasteiger partial charge in [0.25, 0.3) is 5.91 Å². The number of para-hydroxylation sites is 2. The smallest absolute Gasteiger partial charge is 0.409 e. The van der Waals surface area contributed by atoms with Crippen molar-refractivity contribution in [1.29, 1.82) is 0 Å². The Kier molecular flexibility index (Phi) is 20.8. The molecule has 9 aliphatic heterocycles. The molecular weight excluding hydrogens is 1250 g/mol. The first-order valence-corrected chi connectivity index (χ1v) is 36.3. The summed E-state index contributed by atoms with van der Waals surface area (Å²) in [4.78, 5) is 92.0. The molecule has 11 heterocycles. The number of nitrogens with zero attached hydrogens (tertiary/aromatic N) is 12. The summed E-state index contributed by atoms with van der Waals surface area (Å²) in [6.45, 7) is 21.5. The number of halogens is 1. The second-order valence-electron chi connectivity index (χ2n) is 29.1. The molecule has 526 valence electrons. The normalized spacial score (nSPS) is 20.8. The van der Waals surface area contributed by atoms with Gasteiger partial charge in [0.2, 0.25) is 5.91 Å². The molecule has 6 aromatic rings. The lowest BCUT2D eigenvalue weighted by atomic mass is 9.73. The molecule has 0 radical (unpaired) electrons. The Morgan fingerprint density at radius 2 is 1.08 bits per heavy atom. The first-order valence-electron chi connectivity index (χ1n) is 36.3. The number of anilines is 4. The van der Waals surface area contributed by atoms with Gasteiger partial charge in [0.1, 0.15) is 18.4 Å². The second kappa shape index (κ2) is 29.8. The monoisotopic (exact) mass is 1350 g/mol. The van der Waals surface area contributed by atoms with Gasteiger partial charge >= 0.3 is 18.2 Å². The molecular formula is C78H99FN12O8. The van der Waals surface area contributed by atoms with Crippen molar-refractivity contribution < 1.29 is 42.3 Å². The van der Waals surface area contributed by atoms with Crippen LogP contribution in [0.5, 0.6) is 0 Å². The highest BCUT2D eigenvalue weighted by Gasteiger charge is 2.51. The van der Waals surface area contributed by atoms with Crippen molar-refractivity contribution in [2.24, 2.45) is 0 Å². The Hall–Kier alpha value is -8.40. The van der Waals surface area contributed by atoms with E-state index in [1.807, 2.05) is 50.7 Å². The van der Waals surface area contributed by atoms with E-state index < -0.39 is 0 Å². The van der Waals surface area contributed by atoms with Crippen LogP contribution >= 0.6 is 0 Å². The maximum atomic E-state index is 14.2. The van der Waals surface area contributed by atoms with Crippen molar-refractivity contribution in [3.05, 3.63) is 156 Å². The van der Waals surface area contributed by atoms with Crippen molar-refractivity contribution in [3.63, 3.8) is 0 Å². The Bertz CT molecular complexity index is 3810. The quantitative estimate of drug-likeness (QED) is 0.141. The summed E-state index contributed by atoms with van der Waals surface area (Å²) >= 11 is 0. The minimum Gasteiger partial charge on any atom is -0.472 e. The van der Waals surface area contributed by atoms with E-state index in [0.717, 1.165) is 197 Å². The van der Waals surface area contributed by atoms with Crippen LogP contribution in [-0.4, -0.2) is 218 Å². The van der Waals surface area contributed by atoms with Crippen LogP contribution in [0.1, 0.15) is 130 Å². The van der Waals surface area contributed by atoms with Gasteiger partial charge in [0, 0.05) is 131 Å². The molecule has 6 amide bonds. The highest BCUT2D eigenvalue weighted by molar-refractivity contribution is 6.00. The third-order valence-corrected chi connectivity index (χ3v) is 23.3. The maximum absolute atomic E-state index is 14.2. The summed E-state index contributed by atoms with van der Waals surface area (Å²) in [6.07, 6.45) is 20.3. The number of amides is 6. The molecule has 6 saturated heterocycles. The molecule has 0 aliphatic carbocycles. The van der Waals surface area contributed by atoms with E-state index in [-0.39, 0.29) is 52.1 Å². The summed E-state index contributed by atoms with van der Waals surface area (Å²) in [5.41, 5.74) is 12.3. The number of carbonyl (C=O) groups excluding carboxylic acids is 5. The number of ether oxygens (including phenoxy) is 2. The van der Waals surface area contributed by atoms with Crippen LogP contribution < -0.4 is 14.7 Å². The lowest BCUT2D eigenvalue weighted by Gasteiger charge is -2.45. The fraction of sp³-hybridized carbons (Fsp3) is 0.526. The molecule has 9 aliphatic rings. The topological polar surface area (TPSA) is 175 Å². The van der Waals surface area contributed by atoms with Crippen molar-refractivity contribution in [1.82, 2.24) is 44.3 Å². The Morgan fingerprint density at radius 3 is 1.61 bits per heavy atom. The first-order chi connectivity index (χ1) is 48.0. The van der Waals surface area contributed by atoms with Crippen LogP contribution in [0.2, 0.25) is 0 Å². The van der Waals surface area contributed by atoms with Gasteiger partial charge in [-0.1, -0.05) is 66.2 Å². The van der Waals surface area contributed by atoms with E-state index in [9.17, 15) is 28.4 Å². The van der Waals surface area contributed by atoms with Crippen LogP contribution in [0.3, 0.4) is 0 Å². The molecule has 99 heavy (non-hydrogen) atoms. The average Bonchev–Trinajstić information content (AvgIpc) is 1.59. The van der Waals surface area contributed by atoms with Gasteiger partial charge in [-0.05, 0) is 190 Å². The van der Waals surface area contributed by atoms with Gasteiger partial charge in [-0.2, -0.15) is 0 Å². The molecule has 3 spiro atoms. The van der Waals surface area contributed by atoms with Crippen LogP contribution in [0.4, 0.5) is 41.5 Å². The summed E-state index contributed by atoms with van der Waals surface area (Å²) in [5, 5.41) is 0. The number of furan rings is 1. The molecule has 0 atom stereocenters. The second-order valence-corrected chi connectivity index (χ2v) is 29.1. The van der Waals surface area contributed by atoms with Gasteiger partial charge in [0.05, 0.1) is 48.8 Å². The van der Waals surface area contributed by atoms with Gasteiger partial charge in [0.15, 0.2) is 0 Å². The molecule has 0 saturated carbocycles. The molecule has 0 unspecified atom stereocenters. The molecule has 0 N–H and O–H groups in total. The third-order valence-electron chi connectivity index (χ3n) is 23.3. The first kappa shape index (κ1) is 69.1. The Labute approximate surface area is 582 Å². The predicted molar refractivity (Wildman–Crippen MR) is 381 cm³/mol. The van der Waals surface area contributed by atoms with Crippen LogP contribution in [0.15, 0.2) is 127 Å². The highest BCUT2D eigenvalue weighted by Crippen LogP contribution is 2.53. The largest absolute Gasteiger partial charge is 0.472 e. The Morgan fingerprint density at radius 1 is 0.566 bits per heavy atom. The van der Waals surface area contributed by atoms with E-state index in [4.69, 9.17) is 13.9 Å². The van der Waals surface area contributed by atoms with E-state index >= 15 is 0 Å². The van der Waals surface area contributed by atoms with Gasteiger partial charge in [-0.15, -0.1) is 0 Å². The number of likely N-dealkylation sites (tertiary alicyclic amines) is 6. The van der Waals surface area contributed by atoms with E-state index in [1.165, 1.54) is 46.5 Å². The fourth-order valence-electron chi connectivity index (χ4n) is 17.9. The molecule has 0 bridgehead atoms. The number of urea groups is 1. The molecule has 21 heteroatoms. The van der Waals surface area contributed by atoms with Crippen LogP contribution in [-0.2, 0) is 30.5 Å². The SMILES string of the molecule is CCOC(=O)N1CCC(N2CCC3(CC2)CN(C(C)=O)c2c(-c4cccc(C)c4)cccc23)CC1.CCOC(=O)N1CCC(N2CCC3(CC2)CN(c2cncnc2)c2ccccc23)CC1.CN(C)C(=O)N1CC2(CCN(C3CCN(C(=O)c4ccoc4)CC3)CC2)c2cc(F)ccc21. The van der Waals surface area contributed by atoms with Crippen molar-refractivity contribution in [3.8, 4) is 11.1 Å². The van der Waals surface area contributed by atoms with E-state index in [2.05, 4.69) is 103 Å². The average molecular weight is 1350 g/mol. The zero-order valence-corrected chi connectivity index (χ0v) is 58.8. The van der Waals surface area contributed by atoms with Gasteiger partial charge < -0.3 is 58.0 Å². The molecule has 2 aromatic heterocycles. The number of piperidine rings is 6. The van der Waals surface area contributed by atoms with Gasteiger partial charge in [-0.3, -0.25) is 14.5 Å². The number of aromatic nitrogens is 2. The standard InChI is InChI=1S/C29H37N3O3.C25H31FN4O3.C24H31N5O2/c1-4-35-28(34)31-15-11-24(12-16-31)30-17-13-29(14-18-30)20-32(22(3)33)27-25(9-6-10-26(27)29)23-8-5-7-21(2)19-23;1-27(2)24(32)30-17-25(21-15-19(26)3-4-22(21)30)8-12-28(13-9-25)20-5-10-29(11-6-20)23(31)18-7-14-33-16-18;1-2-31-23(30)28-11-7-19(8-12-28)27-13-9-24(10-14-27)17-29(20-15-25-18-26-16-20)22-6-4-3-5-21(22)24/h5-10,19,24H,4,11-18,20H2,1-3H3;3-4,7,14-16,20H,5-6,8-13,17H2,1-2H3;3-6,15-16,18-19H,2,7-14,17H2,1H3. The number of hydrogen-bond acceptors (Lipinski definition) is 14. The number of hydrogen-bond donors (Lipinski definition) is 0. The lowest BCUT2D eigenvalue weighted by Crippen LogP contribution is -2.52. The maximum Gasteiger partial charge on any atom is 0.409 e. The zero-order chi connectivity index (χ0) is 69.0. The lowest BCUT2D eigenvalue weighted by molar-refractivity contribution is -0.116. The summed E-state index contributed by atoms with van der Waals surface area (Å²) in [7, 11) is 3.51. The molecule has 20 nitrogen and oxygen atoms in total. The molecule has 4 aromatic carbocycles. The van der Waals surface area contributed by atoms with Crippen molar-refractivity contribution in [2.75, 3.05) is 140 Å².